The molecule has 4 atom stereocenters. The molecule has 5 saturated heterocycles. The standard InChI is InChI=1S/C41H48N4O5/c46-35-26-41(38(49)43-20-11-19-40(41,43)37(48)42-28-31-12-10-21-45(30-31)22-24-50-25-23-45)44(29-35)36(47)27-39(32-13-4-1-5-14-32,33-15-6-2-7-16-33)34-17-8-3-9-18-34/h1-9,13-18,31,35,46H,10-12,19-30H2/p+1/t31-,35-,40+,41-/m1/s1. The van der Waals surface area contributed by atoms with E-state index in [9.17, 15) is 14.7 Å². The predicted molar refractivity (Wildman–Crippen MR) is 189 cm³/mol. The number of carbonyl (C=O) groups is 3. The molecule has 3 aromatic rings. The number of rotatable bonds is 8. The van der Waals surface area contributed by atoms with Crippen molar-refractivity contribution in [2.24, 2.45) is 5.92 Å². The van der Waals surface area contributed by atoms with Crippen LogP contribution in [0.4, 0.5) is 0 Å². The van der Waals surface area contributed by atoms with Crippen molar-refractivity contribution < 1.29 is 28.7 Å². The Morgan fingerprint density at radius 2 is 1.48 bits per heavy atom. The number of hydrogen-bond acceptors (Lipinski definition) is 5. The third-order valence-electron chi connectivity index (χ3n) is 12.8. The van der Waals surface area contributed by atoms with Crippen LogP contribution in [0.3, 0.4) is 0 Å². The topological polar surface area (TPSA) is 99.2 Å². The third-order valence-corrected chi connectivity index (χ3v) is 12.8. The fourth-order valence-corrected chi connectivity index (χ4v) is 10.5. The number of morpholine rings is 1. The van der Waals surface area contributed by atoms with Gasteiger partial charge in [-0.2, -0.15) is 0 Å². The summed E-state index contributed by atoms with van der Waals surface area (Å²) < 4.78 is 6.72. The number of β-amino-alcohol motifs (C(OH)–C–C–N with tert-alkyl or cyclic N) is 1. The van der Waals surface area contributed by atoms with Crippen LogP contribution in [0.2, 0.25) is 0 Å². The van der Waals surface area contributed by atoms with E-state index >= 15 is 4.79 Å². The van der Waals surface area contributed by atoms with Gasteiger partial charge in [0, 0.05) is 38.4 Å². The van der Waals surface area contributed by atoms with Crippen molar-refractivity contribution in [3.05, 3.63) is 108 Å². The molecule has 5 fully saturated rings. The highest BCUT2D eigenvalue weighted by Crippen LogP contribution is 2.57. The molecule has 9 nitrogen and oxygen atoms in total. The van der Waals surface area contributed by atoms with Gasteiger partial charge in [-0.1, -0.05) is 91.0 Å². The first-order valence-electron chi connectivity index (χ1n) is 18.5. The number of hydrogen-bond donors (Lipinski definition) is 2. The van der Waals surface area contributed by atoms with Gasteiger partial charge in [-0.25, -0.2) is 0 Å². The van der Waals surface area contributed by atoms with Gasteiger partial charge in [0.1, 0.15) is 13.1 Å². The van der Waals surface area contributed by atoms with Crippen LogP contribution in [0, 0.1) is 5.92 Å². The first-order valence-corrected chi connectivity index (χ1v) is 18.5. The summed E-state index contributed by atoms with van der Waals surface area (Å²) in [4.78, 5) is 47.4. The van der Waals surface area contributed by atoms with Gasteiger partial charge in [0.2, 0.25) is 11.8 Å². The number of carbonyl (C=O) groups excluding carboxylic acids is 3. The highest BCUT2D eigenvalue weighted by Gasteiger charge is 2.81. The minimum Gasteiger partial charge on any atom is -0.391 e. The molecule has 9 heteroatoms. The molecule has 5 aliphatic rings. The van der Waals surface area contributed by atoms with Gasteiger partial charge in [-0.3, -0.25) is 14.4 Å². The summed E-state index contributed by atoms with van der Waals surface area (Å²) in [6.07, 6.45) is 2.55. The van der Waals surface area contributed by atoms with Gasteiger partial charge < -0.3 is 29.4 Å². The molecule has 5 heterocycles. The minimum atomic E-state index is -1.41. The number of aliphatic hydroxyl groups excluding tert-OH is 1. The van der Waals surface area contributed by atoms with Crippen molar-refractivity contribution in [2.45, 2.75) is 61.1 Å². The Morgan fingerprint density at radius 1 is 0.880 bits per heavy atom. The van der Waals surface area contributed by atoms with Gasteiger partial charge >= 0.3 is 0 Å². The van der Waals surface area contributed by atoms with Crippen LogP contribution in [0.15, 0.2) is 91.0 Å². The monoisotopic (exact) mass is 677 g/mol. The Labute approximate surface area is 294 Å². The van der Waals surface area contributed by atoms with E-state index in [1.165, 1.54) is 0 Å². The number of nitrogens with one attached hydrogen (secondary N) is 1. The Balaban J connectivity index is 1.13. The lowest BCUT2D eigenvalue weighted by Gasteiger charge is -2.62. The number of β-lactam (4-membered cyclic amide) rings is 1. The fourth-order valence-electron chi connectivity index (χ4n) is 10.5. The molecular weight excluding hydrogens is 628 g/mol. The highest BCUT2D eigenvalue weighted by atomic mass is 16.5. The van der Waals surface area contributed by atoms with Crippen molar-refractivity contribution in [3.8, 4) is 0 Å². The van der Waals surface area contributed by atoms with Crippen LogP contribution >= 0.6 is 0 Å². The Kier molecular flexibility index (Phi) is 8.56. The van der Waals surface area contributed by atoms with Gasteiger partial charge in [-0.15, -0.1) is 0 Å². The van der Waals surface area contributed by atoms with Crippen molar-refractivity contribution in [3.63, 3.8) is 0 Å². The van der Waals surface area contributed by atoms with Crippen LogP contribution in [0.1, 0.15) is 55.2 Å². The first kappa shape index (κ1) is 33.1. The second-order valence-corrected chi connectivity index (χ2v) is 15.3. The highest BCUT2D eigenvalue weighted by molar-refractivity contribution is 6.11. The van der Waals surface area contributed by atoms with Gasteiger partial charge in [-0.05, 0) is 42.4 Å². The summed E-state index contributed by atoms with van der Waals surface area (Å²) >= 11 is 0. The number of fused-ring (bicyclic) bond motifs is 2. The summed E-state index contributed by atoms with van der Waals surface area (Å²) in [5.74, 6) is -0.286. The van der Waals surface area contributed by atoms with E-state index in [0.717, 1.165) is 73.4 Å². The molecule has 0 aromatic heterocycles. The zero-order valence-electron chi connectivity index (χ0n) is 28.8. The molecule has 0 aliphatic carbocycles. The SMILES string of the molecule is O=C(CC(c1ccccc1)(c1ccccc1)c1ccccc1)N1C[C@H](O)C[C@]12C(=O)N1CCC[C@@]12C(=O)NC[C@H]1CCC[N+]2(CCOCC2)C1. The predicted octanol–water partition coefficient (Wildman–Crippen LogP) is 3.49. The largest absolute Gasteiger partial charge is 0.391 e. The summed E-state index contributed by atoms with van der Waals surface area (Å²) in [6.45, 7) is 6.85. The molecule has 5 aliphatic heterocycles. The first-order chi connectivity index (χ1) is 24.3. The van der Waals surface area contributed by atoms with Crippen LogP contribution < -0.4 is 5.32 Å². The maximum Gasteiger partial charge on any atom is 0.252 e. The molecule has 0 unspecified atom stereocenters. The van der Waals surface area contributed by atoms with Gasteiger partial charge in [0.05, 0.1) is 37.8 Å². The van der Waals surface area contributed by atoms with Gasteiger partial charge in [0.15, 0.2) is 11.1 Å². The number of aliphatic hydroxyl groups is 1. The summed E-state index contributed by atoms with van der Waals surface area (Å²) in [7, 11) is 0. The van der Waals surface area contributed by atoms with Crippen molar-refractivity contribution in [1.29, 1.82) is 0 Å². The zero-order valence-corrected chi connectivity index (χ0v) is 28.8. The molecule has 3 amide bonds. The number of benzene rings is 3. The molecule has 3 aromatic carbocycles. The van der Waals surface area contributed by atoms with E-state index in [4.69, 9.17) is 4.74 Å². The van der Waals surface area contributed by atoms with Crippen LogP contribution in [0.5, 0.6) is 0 Å². The fraction of sp³-hybridized carbons (Fsp3) is 0.488. The summed E-state index contributed by atoms with van der Waals surface area (Å²) in [5, 5.41) is 14.6. The van der Waals surface area contributed by atoms with Crippen LogP contribution in [0.25, 0.3) is 0 Å². The van der Waals surface area contributed by atoms with Crippen molar-refractivity contribution >= 4 is 17.7 Å². The Morgan fingerprint density at radius 3 is 2.08 bits per heavy atom. The van der Waals surface area contributed by atoms with E-state index in [2.05, 4.69) is 41.7 Å². The quantitative estimate of drug-likeness (QED) is 0.216. The maximum absolute atomic E-state index is 15.1. The normalized spacial score (nSPS) is 28.8. The molecule has 0 saturated carbocycles. The lowest BCUT2D eigenvalue weighted by Crippen LogP contribution is -2.88. The van der Waals surface area contributed by atoms with E-state index < -0.39 is 22.6 Å². The van der Waals surface area contributed by atoms with E-state index in [0.29, 0.717) is 31.8 Å². The van der Waals surface area contributed by atoms with Crippen LogP contribution in [-0.2, 0) is 24.5 Å². The number of piperidine rings is 1. The minimum absolute atomic E-state index is 0.0204. The zero-order chi connectivity index (χ0) is 34.4. The Bertz CT molecular complexity index is 1610. The second kappa shape index (κ2) is 12.9. The van der Waals surface area contributed by atoms with E-state index in [-0.39, 0.29) is 37.1 Å². The third kappa shape index (κ3) is 5.03. The van der Waals surface area contributed by atoms with Crippen LogP contribution in [-0.4, -0.2) is 113 Å². The molecular formula is C41H49N4O5+. The average Bonchev–Trinajstić information content (AvgIpc) is 3.76. The summed E-state index contributed by atoms with van der Waals surface area (Å²) in [5.41, 5.74) is -0.587. The molecule has 50 heavy (non-hydrogen) atoms. The number of nitrogens with zero attached hydrogens (tertiary/aromatic N) is 3. The van der Waals surface area contributed by atoms with E-state index in [1.807, 2.05) is 54.6 Å². The molecule has 2 N–H and O–H groups in total. The van der Waals surface area contributed by atoms with Crippen molar-refractivity contribution in [1.82, 2.24) is 15.1 Å². The summed E-state index contributed by atoms with van der Waals surface area (Å²) in [6, 6.07) is 30.2. The molecule has 0 radical (unpaired) electrons. The molecule has 8 rings (SSSR count). The lowest BCUT2D eigenvalue weighted by atomic mass is 9.63. The van der Waals surface area contributed by atoms with Gasteiger partial charge in [0.25, 0.3) is 5.91 Å². The molecule has 0 bridgehead atoms. The lowest BCUT2D eigenvalue weighted by molar-refractivity contribution is -0.942. The Hall–Kier alpha value is -4.05. The van der Waals surface area contributed by atoms with Crippen molar-refractivity contribution in [2.75, 3.05) is 59.0 Å². The average molecular weight is 678 g/mol. The molecule has 2 spiro atoms. The number of ether oxygens (including phenoxy) is 1. The molecule has 262 valence electrons. The van der Waals surface area contributed by atoms with E-state index in [1.54, 1.807) is 9.80 Å². The number of amides is 3. The number of likely N-dealkylation sites (tertiary alicyclic amines) is 1. The maximum atomic E-state index is 15.1. The smallest absolute Gasteiger partial charge is 0.252 e. The second-order valence-electron chi connectivity index (χ2n) is 15.3. The number of quaternary nitrogens is 1.